The number of amides is 1. The molecule has 0 bridgehead atoms. The Kier molecular flexibility index (Phi) is 5.81. The summed E-state index contributed by atoms with van der Waals surface area (Å²) < 4.78 is 28.4. The molecule has 128 valence electrons. The number of hydrogen-bond donors (Lipinski definition) is 2. The van der Waals surface area contributed by atoms with Crippen molar-refractivity contribution in [2.75, 3.05) is 27.2 Å². The van der Waals surface area contributed by atoms with Crippen LogP contribution in [0, 0.1) is 0 Å². The molecule has 0 aliphatic heterocycles. The Balaban J connectivity index is 1.97. The van der Waals surface area contributed by atoms with Crippen molar-refractivity contribution in [3.8, 4) is 11.3 Å². The molecule has 1 amide bonds. The fourth-order valence-corrected chi connectivity index (χ4v) is 1.99. The number of nitrogens with zero attached hydrogens (tertiary/aromatic N) is 2. The maximum atomic E-state index is 14.2. The second-order valence-corrected chi connectivity index (χ2v) is 5.62. The van der Waals surface area contributed by atoms with Crippen LogP contribution in [-0.4, -0.2) is 48.2 Å². The standard InChI is InChI=1S/C17H20F2N4O/c1-23(2)10-6-9-16(24)20-12-17(18,19)15-11-14(21-22-15)13-7-4-3-5-8-13/h3-9,11H,10,12H2,1-2H3,(H,20,24)(H,21,22)/b9-6+. The van der Waals surface area contributed by atoms with Gasteiger partial charge in [-0.2, -0.15) is 13.9 Å². The Hall–Kier alpha value is -2.54. The lowest BCUT2D eigenvalue weighted by molar-refractivity contribution is -0.118. The topological polar surface area (TPSA) is 61.0 Å². The van der Waals surface area contributed by atoms with E-state index in [4.69, 9.17) is 0 Å². The molecule has 0 aliphatic rings. The van der Waals surface area contributed by atoms with Gasteiger partial charge in [0.25, 0.3) is 0 Å². The second-order valence-electron chi connectivity index (χ2n) is 5.62. The minimum atomic E-state index is -3.23. The fourth-order valence-electron chi connectivity index (χ4n) is 1.99. The number of carbonyl (C=O) groups excluding carboxylic acids is 1. The van der Waals surface area contributed by atoms with E-state index in [1.165, 1.54) is 12.1 Å². The van der Waals surface area contributed by atoms with Crippen molar-refractivity contribution in [2.24, 2.45) is 0 Å². The first kappa shape index (κ1) is 17.8. The van der Waals surface area contributed by atoms with Crippen molar-refractivity contribution < 1.29 is 13.6 Å². The van der Waals surface area contributed by atoms with Gasteiger partial charge < -0.3 is 10.2 Å². The summed E-state index contributed by atoms with van der Waals surface area (Å²) in [4.78, 5) is 13.4. The van der Waals surface area contributed by atoms with Gasteiger partial charge in [-0.3, -0.25) is 9.89 Å². The van der Waals surface area contributed by atoms with E-state index in [9.17, 15) is 13.6 Å². The first-order valence-corrected chi connectivity index (χ1v) is 7.47. The number of alkyl halides is 2. The molecule has 1 aromatic heterocycles. The lowest BCUT2D eigenvalue weighted by Crippen LogP contribution is -2.34. The van der Waals surface area contributed by atoms with Gasteiger partial charge in [0.2, 0.25) is 5.91 Å². The molecule has 2 N–H and O–H groups in total. The van der Waals surface area contributed by atoms with Gasteiger partial charge >= 0.3 is 5.92 Å². The summed E-state index contributed by atoms with van der Waals surface area (Å²) in [6, 6.07) is 10.3. The van der Waals surface area contributed by atoms with Crippen molar-refractivity contribution >= 4 is 5.91 Å². The van der Waals surface area contributed by atoms with Gasteiger partial charge in [0.15, 0.2) is 0 Å². The number of carbonyl (C=O) groups is 1. The molecular formula is C17H20F2N4O. The predicted molar refractivity (Wildman–Crippen MR) is 88.6 cm³/mol. The van der Waals surface area contributed by atoms with Crippen molar-refractivity contribution in [3.05, 3.63) is 54.2 Å². The lowest BCUT2D eigenvalue weighted by Gasteiger charge is -2.14. The summed E-state index contributed by atoms with van der Waals surface area (Å²) in [5.41, 5.74) is 0.841. The summed E-state index contributed by atoms with van der Waals surface area (Å²) in [7, 11) is 3.69. The molecule has 0 saturated heterocycles. The lowest BCUT2D eigenvalue weighted by atomic mass is 10.1. The fraction of sp³-hybridized carbons (Fsp3) is 0.294. The zero-order valence-corrected chi connectivity index (χ0v) is 13.6. The summed E-state index contributed by atoms with van der Waals surface area (Å²) in [6.45, 7) is -0.237. The third-order valence-electron chi connectivity index (χ3n) is 3.27. The predicted octanol–water partition coefficient (Wildman–Crippen LogP) is 2.40. The van der Waals surface area contributed by atoms with Crippen LogP contribution >= 0.6 is 0 Å². The van der Waals surface area contributed by atoms with E-state index in [-0.39, 0.29) is 5.69 Å². The van der Waals surface area contributed by atoms with Crippen molar-refractivity contribution in [2.45, 2.75) is 5.92 Å². The van der Waals surface area contributed by atoms with Gasteiger partial charge in [0.1, 0.15) is 5.69 Å². The van der Waals surface area contributed by atoms with Crippen LogP contribution in [0.4, 0.5) is 8.78 Å². The van der Waals surface area contributed by atoms with Crippen LogP contribution in [0.3, 0.4) is 0 Å². The van der Waals surface area contributed by atoms with E-state index in [0.717, 1.165) is 5.56 Å². The SMILES string of the molecule is CN(C)C/C=C/C(=O)NCC(F)(F)c1cc(-c2ccccc2)n[nH]1. The molecule has 0 fully saturated rings. The second kappa shape index (κ2) is 7.83. The van der Waals surface area contributed by atoms with Gasteiger partial charge in [0, 0.05) is 18.2 Å². The van der Waals surface area contributed by atoms with E-state index in [0.29, 0.717) is 12.2 Å². The van der Waals surface area contributed by atoms with Gasteiger partial charge in [-0.1, -0.05) is 36.4 Å². The molecule has 2 aromatic rings. The Morgan fingerprint density at radius 1 is 1.33 bits per heavy atom. The monoisotopic (exact) mass is 334 g/mol. The molecule has 0 radical (unpaired) electrons. The van der Waals surface area contributed by atoms with Crippen molar-refractivity contribution in [1.29, 1.82) is 0 Å². The summed E-state index contributed by atoms with van der Waals surface area (Å²) in [5.74, 6) is -3.79. The summed E-state index contributed by atoms with van der Waals surface area (Å²) in [6.07, 6.45) is 2.86. The number of hydrogen-bond acceptors (Lipinski definition) is 3. The van der Waals surface area contributed by atoms with Gasteiger partial charge in [-0.15, -0.1) is 0 Å². The normalized spacial score (nSPS) is 12.0. The van der Waals surface area contributed by atoms with Crippen LogP contribution < -0.4 is 5.32 Å². The molecule has 0 atom stereocenters. The zero-order chi connectivity index (χ0) is 17.6. The number of benzene rings is 1. The minimum absolute atomic E-state index is 0.334. The van der Waals surface area contributed by atoms with Crippen LogP contribution in [0.1, 0.15) is 5.69 Å². The highest BCUT2D eigenvalue weighted by molar-refractivity contribution is 5.87. The molecule has 5 nitrogen and oxygen atoms in total. The first-order chi connectivity index (χ1) is 11.4. The maximum absolute atomic E-state index is 14.2. The molecule has 0 spiro atoms. The molecule has 2 rings (SSSR count). The molecule has 7 heteroatoms. The van der Waals surface area contributed by atoms with Crippen LogP contribution in [0.2, 0.25) is 0 Å². The number of aromatic amines is 1. The van der Waals surface area contributed by atoms with Gasteiger partial charge in [-0.05, 0) is 20.2 Å². The molecule has 0 saturated carbocycles. The number of nitrogens with one attached hydrogen (secondary N) is 2. The number of H-pyrrole nitrogens is 1. The number of likely N-dealkylation sites (N-methyl/N-ethyl adjacent to an activating group) is 1. The first-order valence-electron chi connectivity index (χ1n) is 7.47. The van der Waals surface area contributed by atoms with Crippen LogP contribution in [0.15, 0.2) is 48.6 Å². The van der Waals surface area contributed by atoms with Crippen LogP contribution in [0.5, 0.6) is 0 Å². The summed E-state index contributed by atoms with van der Waals surface area (Å²) in [5, 5.41) is 8.46. The highest BCUT2D eigenvalue weighted by atomic mass is 19.3. The zero-order valence-electron chi connectivity index (χ0n) is 13.6. The molecule has 24 heavy (non-hydrogen) atoms. The minimum Gasteiger partial charge on any atom is -0.346 e. The van der Waals surface area contributed by atoms with Crippen molar-refractivity contribution in [1.82, 2.24) is 20.4 Å². The Morgan fingerprint density at radius 2 is 2.04 bits per heavy atom. The molecular weight excluding hydrogens is 314 g/mol. The number of halogens is 2. The molecule has 0 unspecified atom stereocenters. The average molecular weight is 334 g/mol. The maximum Gasteiger partial charge on any atom is 0.306 e. The largest absolute Gasteiger partial charge is 0.346 e. The third-order valence-corrected chi connectivity index (χ3v) is 3.27. The smallest absolute Gasteiger partial charge is 0.306 e. The van der Waals surface area contributed by atoms with Gasteiger partial charge in [-0.25, -0.2) is 0 Å². The molecule has 0 aliphatic carbocycles. The highest BCUT2D eigenvalue weighted by Crippen LogP contribution is 2.28. The average Bonchev–Trinajstić information content (AvgIpc) is 3.04. The van der Waals surface area contributed by atoms with E-state index in [1.807, 2.05) is 37.2 Å². The van der Waals surface area contributed by atoms with E-state index < -0.39 is 18.4 Å². The van der Waals surface area contributed by atoms with Crippen LogP contribution in [-0.2, 0) is 10.7 Å². The van der Waals surface area contributed by atoms with E-state index in [2.05, 4.69) is 15.5 Å². The Morgan fingerprint density at radius 3 is 2.71 bits per heavy atom. The van der Waals surface area contributed by atoms with Crippen LogP contribution in [0.25, 0.3) is 11.3 Å². The summed E-state index contributed by atoms with van der Waals surface area (Å²) >= 11 is 0. The molecule has 1 aromatic carbocycles. The Labute approximate surface area is 139 Å². The highest BCUT2D eigenvalue weighted by Gasteiger charge is 2.34. The quantitative estimate of drug-likeness (QED) is 0.765. The molecule has 1 heterocycles. The van der Waals surface area contributed by atoms with Crippen molar-refractivity contribution in [3.63, 3.8) is 0 Å². The Bertz CT molecular complexity index is 696. The third kappa shape index (κ3) is 4.99. The van der Waals surface area contributed by atoms with Gasteiger partial charge in [0.05, 0.1) is 12.2 Å². The van der Waals surface area contributed by atoms with E-state index >= 15 is 0 Å². The van der Waals surface area contributed by atoms with E-state index in [1.54, 1.807) is 18.2 Å². The number of aromatic nitrogens is 2. The number of rotatable bonds is 7.